The minimum atomic E-state index is 0.847. The number of pyridine rings is 1. The van der Waals surface area contributed by atoms with E-state index in [0.29, 0.717) is 0 Å². The van der Waals surface area contributed by atoms with Crippen molar-refractivity contribution in [1.82, 2.24) is 10.3 Å². The first-order chi connectivity index (χ1) is 9.31. The van der Waals surface area contributed by atoms with Gasteiger partial charge in [-0.05, 0) is 43.7 Å². The standard InChI is InChI=1S/C16H23N3/c1-4-6-12-19-16(17-3)14(5-2)10-11-15-9-7-8-13-18-15/h5,7-9,13,19H,2-4,6,10-12H2,1H3/b16-14-. The SMILES string of the molecule is C=C/C(CCc1ccccn1)=C(\N=C)NCCCC. The molecule has 0 atom stereocenters. The van der Waals surface area contributed by atoms with E-state index in [-0.39, 0.29) is 0 Å². The van der Waals surface area contributed by atoms with Gasteiger partial charge in [0.2, 0.25) is 0 Å². The van der Waals surface area contributed by atoms with Crippen molar-refractivity contribution in [2.75, 3.05) is 6.54 Å². The van der Waals surface area contributed by atoms with Crippen LogP contribution in [-0.4, -0.2) is 18.2 Å². The van der Waals surface area contributed by atoms with Crippen molar-refractivity contribution < 1.29 is 0 Å². The molecule has 102 valence electrons. The van der Waals surface area contributed by atoms with Gasteiger partial charge in [0.15, 0.2) is 0 Å². The largest absolute Gasteiger partial charge is 0.370 e. The summed E-state index contributed by atoms with van der Waals surface area (Å²) in [6.45, 7) is 10.6. The molecule has 3 nitrogen and oxygen atoms in total. The number of aliphatic imine (C=N–C) groups is 1. The summed E-state index contributed by atoms with van der Waals surface area (Å²) in [6.07, 6.45) is 7.72. The second-order valence-electron chi connectivity index (χ2n) is 4.34. The van der Waals surface area contributed by atoms with E-state index in [9.17, 15) is 0 Å². The summed E-state index contributed by atoms with van der Waals surface area (Å²) >= 11 is 0. The zero-order valence-electron chi connectivity index (χ0n) is 11.7. The van der Waals surface area contributed by atoms with Crippen LogP contribution < -0.4 is 5.32 Å². The fourth-order valence-electron chi connectivity index (χ4n) is 1.78. The number of nitrogens with one attached hydrogen (secondary N) is 1. The smallest absolute Gasteiger partial charge is 0.128 e. The van der Waals surface area contributed by atoms with Crippen LogP contribution in [0.4, 0.5) is 0 Å². The molecule has 0 aliphatic heterocycles. The second-order valence-corrected chi connectivity index (χ2v) is 4.34. The molecule has 0 aliphatic carbocycles. The lowest BCUT2D eigenvalue weighted by Crippen LogP contribution is -2.15. The van der Waals surface area contributed by atoms with Gasteiger partial charge in [0, 0.05) is 18.4 Å². The lowest BCUT2D eigenvalue weighted by molar-refractivity contribution is 0.697. The predicted molar refractivity (Wildman–Crippen MR) is 82.2 cm³/mol. The van der Waals surface area contributed by atoms with E-state index in [4.69, 9.17) is 0 Å². The molecule has 0 aliphatic rings. The van der Waals surface area contributed by atoms with Crippen molar-refractivity contribution in [3.63, 3.8) is 0 Å². The summed E-state index contributed by atoms with van der Waals surface area (Å²) < 4.78 is 0. The van der Waals surface area contributed by atoms with Gasteiger partial charge in [-0.2, -0.15) is 0 Å². The highest BCUT2D eigenvalue weighted by Gasteiger charge is 2.03. The maximum Gasteiger partial charge on any atom is 0.128 e. The van der Waals surface area contributed by atoms with Gasteiger partial charge >= 0.3 is 0 Å². The van der Waals surface area contributed by atoms with Gasteiger partial charge < -0.3 is 5.32 Å². The first-order valence-electron chi connectivity index (χ1n) is 6.78. The quantitative estimate of drug-likeness (QED) is 0.417. The summed E-state index contributed by atoms with van der Waals surface area (Å²) in [5, 5.41) is 3.32. The van der Waals surface area contributed by atoms with Crippen molar-refractivity contribution in [3.05, 3.63) is 54.1 Å². The number of allylic oxidation sites excluding steroid dienone is 2. The summed E-state index contributed by atoms with van der Waals surface area (Å²) in [5.74, 6) is 0.847. The Kier molecular flexibility index (Phi) is 7.25. The Labute approximate surface area is 116 Å². The van der Waals surface area contributed by atoms with Crippen LogP contribution in [0, 0.1) is 0 Å². The zero-order chi connectivity index (χ0) is 13.9. The molecular weight excluding hydrogens is 234 g/mol. The summed E-state index contributed by atoms with van der Waals surface area (Å²) in [6, 6.07) is 5.97. The number of unbranched alkanes of at least 4 members (excludes halogenated alkanes) is 1. The third-order valence-electron chi connectivity index (χ3n) is 2.91. The lowest BCUT2D eigenvalue weighted by Gasteiger charge is -2.10. The fourth-order valence-corrected chi connectivity index (χ4v) is 1.78. The maximum atomic E-state index is 4.32. The molecule has 1 N–H and O–H groups in total. The highest BCUT2D eigenvalue weighted by Crippen LogP contribution is 2.12. The van der Waals surface area contributed by atoms with Crippen molar-refractivity contribution in [3.8, 4) is 0 Å². The molecule has 3 heteroatoms. The van der Waals surface area contributed by atoms with Gasteiger partial charge in [0.1, 0.15) is 5.82 Å². The molecule has 0 saturated carbocycles. The summed E-state index contributed by atoms with van der Waals surface area (Å²) in [5.41, 5.74) is 2.18. The maximum absolute atomic E-state index is 4.32. The van der Waals surface area contributed by atoms with E-state index < -0.39 is 0 Å². The van der Waals surface area contributed by atoms with E-state index in [1.165, 1.54) is 0 Å². The first-order valence-corrected chi connectivity index (χ1v) is 6.78. The van der Waals surface area contributed by atoms with Crippen LogP contribution in [0.25, 0.3) is 0 Å². The molecule has 0 bridgehead atoms. The Bertz CT molecular complexity index is 421. The molecule has 0 aromatic carbocycles. The molecule has 0 amide bonds. The van der Waals surface area contributed by atoms with Crippen LogP contribution in [0.5, 0.6) is 0 Å². The Morgan fingerprint density at radius 1 is 1.47 bits per heavy atom. The Balaban J connectivity index is 2.63. The monoisotopic (exact) mass is 257 g/mol. The molecule has 0 unspecified atom stereocenters. The third-order valence-corrected chi connectivity index (χ3v) is 2.91. The Morgan fingerprint density at radius 3 is 2.89 bits per heavy atom. The number of hydrogen-bond donors (Lipinski definition) is 1. The van der Waals surface area contributed by atoms with E-state index >= 15 is 0 Å². The molecule has 1 heterocycles. The van der Waals surface area contributed by atoms with E-state index in [1.807, 2.05) is 30.5 Å². The molecule has 1 aromatic rings. The van der Waals surface area contributed by atoms with Crippen molar-refractivity contribution in [1.29, 1.82) is 0 Å². The van der Waals surface area contributed by atoms with Crippen LogP contribution in [0.1, 0.15) is 31.9 Å². The number of aryl methyl sites for hydroxylation is 1. The van der Waals surface area contributed by atoms with Crippen LogP contribution in [-0.2, 0) is 6.42 Å². The van der Waals surface area contributed by atoms with Gasteiger partial charge in [0.05, 0.1) is 0 Å². The van der Waals surface area contributed by atoms with Crippen LogP contribution in [0.2, 0.25) is 0 Å². The van der Waals surface area contributed by atoms with Gasteiger partial charge in [-0.3, -0.25) is 4.98 Å². The Morgan fingerprint density at radius 2 is 2.32 bits per heavy atom. The molecule has 0 radical (unpaired) electrons. The molecule has 19 heavy (non-hydrogen) atoms. The normalized spacial score (nSPS) is 11.6. The Hall–Kier alpha value is -1.90. The van der Waals surface area contributed by atoms with E-state index in [2.05, 4.69) is 35.5 Å². The minimum absolute atomic E-state index is 0.847. The highest BCUT2D eigenvalue weighted by molar-refractivity contribution is 5.33. The second kappa shape index (κ2) is 9.09. The van der Waals surface area contributed by atoms with Crippen molar-refractivity contribution in [2.24, 2.45) is 4.99 Å². The van der Waals surface area contributed by atoms with Crippen LogP contribution >= 0.6 is 0 Å². The highest BCUT2D eigenvalue weighted by atomic mass is 15.0. The van der Waals surface area contributed by atoms with Crippen molar-refractivity contribution >= 4 is 6.72 Å². The zero-order valence-corrected chi connectivity index (χ0v) is 11.7. The predicted octanol–water partition coefficient (Wildman–Crippen LogP) is 3.50. The van der Waals surface area contributed by atoms with Crippen LogP contribution in [0.3, 0.4) is 0 Å². The number of aromatic nitrogens is 1. The average Bonchev–Trinajstić information content (AvgIpc) is 2.47. The van der Waals surface area contributed by atoms with E-state index in [1.54, 1.807) is 0 Å². The minimum Gasteiger partial charge on any atom is -0.370 e. The fraction of sp³-hybridized carbons (Fsp3) is 0.375. The number of nitrogens with zero attached hydrogens (tertiary/aromatic N) is 2. The first kappa shape index (κ1) is 15.2. The van der Waals surface area contributed by atoms with Gasteiger partial charge in [-0.1, -0.05) is 32.1 Å². The molecular formula is C16H23N3. The molecule has 0 fully saturated rings. The summed E-state index contributed by atoms with van der Waals surface area (Å²) in [4.78, 5) is 8.39. The van der Waals surface area contributed by atoms with Gasteiger partial charge in [0.25, 0.3) is 0 Å². The van der Waals surface area contributed by atoms with Gasteiger partial charge in [-0.15, -0.1) is 0 Å². The van der Waals surface area contributed by atoms with Gasteiger partial charge in [-0.25, -0.2) is 4.99 Å². The topological polar surface area (TPSA) is 37.3 Å². The number of hydrogen-bond acceptors (Lipinski definition) is 3. The van der Waals surface area contributed by atoms with Crippen LogP contribution in [0.15, 0.2) is 53.4 Å². The summed E-state index contributed by atoms with van der Waals surface area (Å²) in [7, 11) is 0. The van der Waals surface area contributed by atoms with Crippen molar-refractivity contribution in [2.45, 2.75) is 32.6 Å². The molecule has 0 saturated heterocycles. The number of rotatable bonds is 9. The molecule has 1 aromatic heterocycles. The lowest BCUT2D eigenvalue weighted by atomic mass is 10.1. The molecule has 0 spiro atoms. The average molecular weight is 257 g/mol. The third kappa shape index (κ3) is 5.51. The van der Waals surface area contributed by atoms with E-state index in [0.717, 1.165) is 49.3 Å². The molecule has 1 rings (SSSR count).